The van der Waals surface area contributed by atoms with Crippen molar-refractivity contribution in [3.63, 3.8) is 0 Å². The second kappa shape index (κ2) is 5.33. The normalized spacial score (nSPS) is 15.0. The molecule has 0 amide bonds. The zero-order chi connectivity index (χ0) is 15.7. The van der Waals surface area contributed by atoms with Gasteiger partial charge in [0.2, 0.25) is 0 Å². The predicted molar refractivity (Wildman–Crippen MR) is 82.3 cm³/mol. The molecule has 22 heavy (non-hydrogen) atoms. The van der Waals surface area contributed by atoms with Crippen LogP contribution >= 0.6 is 0 Å². The van der Waals surface area contributed by atoms with Gasteiger partial charge in [-0.1, -0.05) is 12.1 Å². The summed E-state index contributed by atoms with van der Waals surface area (Å²) < 4.78 is 11.8. The maximum atomic E-state index is 10.6. The minimum absolute atomic E-state index is 0.0782. The van der Waals surface area contributed by atoms with Crippen LogP contribution in [0, 0.1) is 10.1 Å². The van der Waals surface area contributed by atoms with E-state index in [0.717, 1.165) is 23.3 Å². The van der Waals surface area contributed by atoms with E-state index in [0.29, 0.717) is 12.4 Å². The lowest BCUT2D eigenvalue weighted by molar-refractivity contribution is -0.384. The molecule has 0 bridgehead atoms. The number of para-hydroxylation sites is 1. The van der Waals surface area contributed by atoms with Crippen LogP contribution in [0.25, 0.3) is 0 Å². The average Bonchev–Trinajstić information content (AvgIpc) is 2.80. The van der Waals surface area contributed by atoms with Crippen LogP contribution in [0.5, 0.6) is 11.5 Å². The molecule has 0 aromatic heterocycles. The highest BCUT2D eigenvalue weighted by Crippen LogP contribution is 2.41. The van der Waals surface area contributed by atoms with Gasteiger partial charge in [0.15, 0.2) is 11.5 Å². The molecule has 0 atom stereocenters. The van der Waals surface area contributed by atoms with Crippen LogP contribution in [0.2, 0.25) is 0 Å². The monoisotopic (exact) mass is 299 g/mol. The van der Waals surface area contributed by atoms with E-state index < -0.39 is 4.92 Å². The molecule has 5 heteroatoms. The Morgan fingerprint density at radius 3 is 2.64 bits per heavy atom. The fourth-order valence-corrected chi connectivity index (χ4v) is 2.58. The van der Waals surface area contributed by atoms with Gasteiger partial charge in [-0.2, -0.15) is 0 Å². The molecule has 114 valence electrons. The molecule has 2 aromatic rings. The Bertz CT molecular complexity index is 707. The molecule has 0 fully saturated rings. The Morgan fingerprint density at radius 2 is 1.95 bits per heavy atom. The highest BCUT2D eigenvalue weighted by Gasteiger charge is 2.32. The first kappa shape index (κ1) is 14.4. The molecule has 0 spiro atoms. The number of hydrogen-bond acceptors (Lipinski definition) is 4. The largest absolute Gasteiger partial charge is 0.485 e. The molecule has 0 saturated carbocycles. The Morgan fingerprint density at radius 1 is 1.23 bits per heavy atom. The van der Waals surface area contributed by atoms with Crippen molar-refractivity contribution in [2.24, 2.45) is 0 Å². The van der Waals surface area contributed by atoms with Gasteiger partial charge >= 0.3 is 0 Å². The summed E-state index contributed by atoms with van der Waals surface area (Å²) in [6.45, 7) is 4.44. The number of nitrogens with zero attached hydrogens (tertiary/aromatic N) is 1. The maximum Gasteiger partial charge on any atom is 0.269 e. The van der Waals surface area contributed by atoms with Gasteiger partial charge in [-0.3, -0.25) is 10.1 Å². The van der Waals surface area contributed by atoms with Gasteiger partial charge in [0.1, 0.15) is 12.2 Å². The summed E-state index contributed by atoms with van der Waals surface area (Å²) in [4.78, 5) is 10.2. The van der Waals surface area contributed by atoms with E-state index in [1.54, 1.807) is 12.1 Å². The zero-order valence-electron chi connectivity index (χ0n) is 12.5. The van der Waals surface area contributed by atoms with Crippen molar-refractivity contribution in [1.82, 2.24) is 0 Å². The van der Waals surface area contributed by atoms with Gasteiger partial charge in [0.25, 0.3) is 5.69 Å². The molecule has 1 aliphatic rings. The summed E-state index contributed by atoms with van der Waals surface area (Å²) in [6.07, 6.45) is 0.858. The van der Waals surface area contributed by atoms with Gasteiger partial charge < -0.3 is 9.47 Å². The minimum Gasteiger partial charge on any atom is -0.485 e. The van der Waals surface area contributed by atoms with Gasteiger partial charge in [0, 0.05) is 24.1 Å². The predicted octanol–water partition coefficient (Wildman–Crippen LogP) is 3.89. The third-order valence-electron chi connectivity index (χ3n) is 3.60. The van der Waals surface area contributed by atoms with Crippen LogP contribution in [0.1, 0.15) is 25.0 Å². The lowest BCUT2D eigenvalue weighted by Gasteiger charge is -2.18. The van der Waals surface area contributed by atoms with Crippen LogP contribution in [0.15, 0.2) is 42.5 Å². The summed E-state index contributed by atoms with van der Waals surface area (Å²) in [5, 5.41) is 10.6. The second-order valence-electron chi connectivity index (χ2n) is 6.00. The topological polar surface area (TPSA) is 61.6 Å². The average molecular weight is 299 g/mol. The maximum absolute atomic E-state index is 10.6. The summed E-state index contributed by atoms with van der Waals surface area (Å²) in [5.74, 6) is 1.51. The lowest BCUT2D eigenvalue weighted by atomic mass is 10.0. The number of nitro benzene ring substituents is 1. The number of ether oxygens (including phenoxy) is 2. The second-order valence-corrected chi connectivity index (χ2v) is 6.00. The Kier molecular flexibility index (Phi) is 3.48. The number of non-ortho nitro benzene ring substituents is 1. The molecule has 0 aliphatic carbocycles. The molecular formula is C17H17NO4. The summed E-state index contributed by atoms with van der Waals surface area (Å²) in [7, 11) is 0. The van der Waals surface area contributed by atoms with Gasteiger partial charge in [0.05, 0.1) is 4.92 Å². The Labute approximate surface area is 128 Å². The zero-order valence-corrected chi connectivity index (χ0v) is 12.5. The number of benzene rings is 2. The molecule has 1 aliphatic heterocycles. The lowest BCUT2D eigenvalue weighted by Crippen LogP contribution is -2.24. The first-order chi connectivity index (χ1) is 10.4. The highest BCUT2D eigenvalue weighted by atomic mass is 16.6. The van der Waals surface area contributed by atoms with Crippen LogP contribution in [0.3, 0.4) is 0 Å². The van der Waals surface area contributed by atoms with E-state index in [4.69, 9.17) is 9.47 Å². The van der Waals surface area contributed by atoms with E-state index in [9.17, 15) is 10.1 Å². The van der Waals surface area contributed by atoms with Crippen LogP contribution in [-0.2, 0) is 13.0 Å². The number of rotatable bonds is 4. The molecule has 2 aromatic carbocycles. The van der Waals surface area contributed by atoms with Crippen molar-refractivity contribution in [3.05, 3.63) is 63.7 Å². The van der Waals surface area contributed by atoms with Crippen molar-refractivity contribution in [1.29, 1.82) is 0 Å². The summed E-state index contributed by atoms with van der Waals surface area (Å²) in [5.41, 5.74) is 1.89. The van der Waals surface area contributed by atoms with Crippen molar-refractivity contribution in [2.75, 3.05) is 0 Å². The van der Waals surface area contributed by atoms with Gasteiger partial charge in [-0.05, 0) is 37.6 Å². The summed E-state index contributed by atoms with van der Waals surface area (Å²) >= 11 is 0. The number of nitro groups is 1. The molecular weight excluding hydrogens is 282 g/mol. The van der Waals surface area contributed by atoms with E-state index in [1.807, 2.05) is 32.0 Å². The number of hydrogen-bond donors (Lipinski definition) is 0. The SMILES string of the molecule is CC1(C)Cc2cccc(OCc3ccc([N+](=O)[O-])cc3)c2O1. The first-order valence-electron chi connectivity index (χ1n) is 7.12. The fraction of sp³-hybridized carbons (Fsp3) is 0.294. The molecule has 0 radical (unpaired) electrons. The molecule has 0 N–H and O–H groups in total. The number of fused-ring (bicyclic) bond motifs is 1. The Hall–Kier alpha value is -2.56. The third kappa shape index (κ3) is 2.88. The van der Waals surface area contributed by atoms with Crippen LogP contribution in [-0.4, -0.2) is 10.5 Å². The Balaban J connectivity index is 1.73. The van der Waals surface area contributed by atoms with E-state index in [2.05, 4.69) is 0 Å². The molecule has 0 unspecified atom stereocenters. The van der Waals surface area contributed by atoms with Crippen LogP contribution in [0.4, 0.5) is 5.69 Å². The molecule has 0 saturated heterocycles. The fourth-order valence-electron chi connectivity index (χ4n) is 2.58. The first-order valence-corrected chi connectivity index (χ1v) is 7.12. The van der Waals surface area contributed by atoms with E-state index in [1.165, 1.54) is 12.1 Å². The minimum atomic E-state index is -0.412. The third-order valence-corrected chi connectivity index (χ3v) is 3.60. The van der Waals surface area contributed by atoms with Crippen molar-refractivity contribution in [3.8, 4) is 11.5 Å². The van der Waals surface area contributed by atoms with Gasteiger partial charge in [-0.15, -0.1) is 0 Å². The summed E-state index contributed by atoms with van der Waals surface area (Å²) in [6, 6.07) is 12.2. The molecule has 5 nitrogen and oxygen atoms in total. The van der Waals surface area contributed by atoms with Crippen molar-refractivity contribution in [2.45, 2.75) is 32.5 Å². The standard InChI is InChI=1S/C17H17NO4/c1-17(2)10-13-4-3-5-15(16(13)22-17)21-11-12-6-8-14(9-7-12)18(19)20/h3-9H,10-11H2,1-2H3. The quantitative estimate of drug-likeness (QED) is 0.634. The van der Waals surface area contributed by atoms with Crippen molar-refractivity contribution < 1.29 is 14.4 Å². The van der Waals surface area contributed by atoms with E-state index >= 15 is 0 Å². The smallest absolute Gasteiger partial charge is 0.269 e. The highest BCUT2D eigenvalue weighted by molar-refractivity contribution is 5.50. The van der Waals surface area contributed by atoms with Gasteiger partial charge in [-0.25, -0.2) is 0 Å². The van der Waals surface area contributed by atoms with Crippen molar-refractivity contribution >= 4 is 5.69 Å². The molecule has 1 heterocycles. The van der Waals surface area contributed by atoms with E-state index in [-0.39, 0.29) is 11.3 Å². The van der Waals surface area contributed by atoms with Crippen LogP contribution < -0.4 is 9.47 Å². The molecule has 3 rings (SSSR count).